The Labute approximate surface area is 216 Å². The van der Waals surface area contributed by atoms with Crippen molar-refractivity contribution >= 4 is 17.3 Å². The summed E-state index contributed by atoms with van der Waals surface area (Å²) in [4.78, 5) is 26.6. The molecule has 37 heavy (non-hydrogen) atoms. The minimum atomic E-state index is -1.16. The first kappa shape index (κ1) is 25.8. The van der Waals surface area contributed by atoms with Crippen LogP contribution in [0.5, 0.6) is 23.0 Å². The predicted molar refractivity (Wildman–Crippen MR) is 140 cm³/mol. The maximum Gasteiger partial charge on any atom is 0.336 e. The molecule has 0 unspecified atom stereocenters. The van der Waals surface area contributed by atoms with Gasteiger partial charge in [0.05, 0.1) is 34.0 Å². The van der Waals surface area contributed by atoms with Crippen molar-refractivity contribution in [2.24, 2.45) is 0 Å². The summed E-state index contributed by atoms with van der Waals surface area (Å²) in [6.07, 6.45) is 2.95. The third-order valence-electron chi connectivity index (χ3n) is 6.63. The van der Waals surface area contributed by atoms with Crippen LogP contribution in [0, 0.1) is 0 Å². The average Bonchev–Trinajstić information content (AvgIpc) is 3.39. The van der Waals surface area contributed by atoms with Gasteiger partial charge < -0.3 is 24.1 Å². The minimum Gasteiger partial charge on any atom is -0.497 e. The number of Topliss-reactive ketones (excluding diaryl/α,β-unsaturated/α-hetero) is 1. The van der Waals surface area contributed by atoms with Crippen LogP contribution in [0.3, 0.4) is 0 Å². The highest BCUT2D eigenvalue weighted by Gasteiger charge is 2.26. The number of carbonyl (C=O) groups excluding carboxylic acids is 1. The second kappa shape index (κ2) is 11.2. The van der Waals surface area contributed by atoms with Crippen LogP contribution < -0.4 is 18.9 Å². The molecule has 4 rings (SSSR count). The van der Waals surface area contributed by atoms with Crippen LogP contribution in [-0.4, -0.2) is 45.3 Å². The molecule has 0 heterocycles. The van der Waals surface area contributed by atoms with Gasteiger partial charge >= 0.3 is 5.97 Å². The molecule has 1 aliphatic carbocycles. The number of ether oxygens (including phenoxy) is 4. The summed E-state index contributed by atoms with van der Waals surface area (Å²) in [6.45, 7) is 0. The molecule has 0 fully saturated rings. The molecule has 0 radical (unpaired) electrons. The molecule has 3 aromatic carbocycles. The van der Waals surface area contributed by atoms with E-state index in [0.29, 0.717) is 39.7 Å². The van der Waals surface area contributed by atoms with E-state index in [4.69, 9.17) is 18.9 Å². The summed E-state index contributed by atoms with van der Waals surface area (Å²) in [5.41, 5.74) is 4.00. The highest BCUT2D eigenvalue weighted by molar-refractivity contribution is 6.26. The Bertz CT molecular complexity index is 1330. The van der Waals surface area contributed by atoms with Crippen LogP contribution in [0.1, 0.15) is 39.0 Å². The number of carbonyl (C=O) groups is 2. The van der Waals surface area contributed by atoms with E-state index in [9.17, 15) is 14.7 Å². The zero-order valence-electron chi connectivity index (χ0n) is 21.4. The largest absolute Gasteiger partial charge is 0.497 e. The normalized spacial score (nSPS) is 12.9. The number of fused-ring (bicyclic) bond motifs is 1. The fourth-order valence-electron chi connectivity index (χ4n) is 4.79. The molecule has 0 spiro atoms. The number of benzene rings is 3. The number of aryl methyl sites for hydroxylation is 2. The molecule has 192 valence electrons. The lowest BCUT2D eigenvalue weighted by Gasteiger charge is -2.17. The summed E-state index contributed by atoms with van der Waals surface area (Å²) in [5, 5.41) is 10.4. The fourth-order valence-corrected chi connectivity index (χ4v) is 4.79. The van der Waals surface area contributed by atoms with Crippen LogP contribution in [0.15, 0.2) is 60.2 Å². The summed E-state index contributed by atoms with van der Waals surface area (Å²) in [5.74, 6) is 0.309. The number of aliphatic carboxylic acids is 1. The molecule has 0 amide bonds. The first-order valence-electron chi connectivity index (χ1n) is 12.0. The van der Waals surface area contributed by atoms with Crippen molar-refractivity contribution in [1.29, 1.82) is 0 Å². The Morgan fingerprint density at radius 2 is 1.38 bits per heavy atom. The highest BCUT2D eigenvalue weighted by Crippen LogP contribution is 2.39. The van der Waals surface area contributed by atoms with E-state index >= 15 is 0 Å². The van der Waals surface area contributed by atoms with Crippen molar-refractivity contribution in [2.45, 2.75) is 25.7 Å². The van der Waals surface area contributed by atoms with Gasteiger partial charge in [-0.25, -0.2) is 4.79 Å². The second-order valence-electron chi connectivity index (χ2n) is 8.76. The number of carboxylic acid groups (broad SMARTS) is 1. The average molecular weight is 503 g/mol. The van der Waals surface area contributed by atoms with Gasteiger partial charge in [-0.2, -0.15) is 0 Å². The maximum absolute atomic E-state index is 13.9. The molecule has 0 atom stereocenters. The lowest BCUT2D eigenvalue weighted by atomic mass is 9.88. The van der Waals surface area contributed by atoms with Gasteiger partial charge in [-0.1, -0.05) is 18.2 Å². The van der Waals surface area contributed by atoms with Gasteiger partial charge in [-0.15, -0.1) is 0 Å². The van der Waals surface area contributed by atoms with Crippen LogP contribution in [0.25, 0.3) is 5.57 Å². The van der Waals surface area contributed by atoms with E-state index in [1.54, 1.807) is 49.6 Å². The molecule has 1 aliphatic rings. The number of methoxy groups -OCH3 is 4. The Kier molecular flexibility index (Phi) is 7.82. The maximum atomic E-state index is 13.9. The molecular formula is C30H30O7. The van der Waals surface area contributed by atoms with Crippen molar-refractivity contribution in [3.05, 3.63) is 88.0 Å². The van der Waals surface area contributed by atoms with Gasteiger partial charge in [0, 0.05) is 17.6 Å². The SMILES string of the molecule is COc1ccc(C(=O)C(Cc2cc(OC)c(OC)c(OC)c2)=C(C(=O)O)c2ccc3c(c2)CCC3)cc1. The van der Waals surface area contributed by atoms with E-state index in [1.807, 2.05) is 12.1 Å². The zero-order valence-corrected chi connectivity index (χ0v) is 21.4. The lowest BCUT2D eigenvalue weighted by molar-refractivity contribution is -0.130. The quantitative estimate of drug-likeness (QED) is 0.302. The molecule has 3 aromatic rings. The summed E-state index contributed by atoms with van der Waals surface area (Å²) in [6, 6.07) is 15.8. The first-order valence-corrected chi connectivity index (χ1v) is 12.0. The van der Waals surface area contributed by atoms with E-state index < -0.39 is 5.97 Å². The molecule has 0 saturated carbocycles. The van der Waals surface area contributed by atoms with Crippen molar-refractivity contribution in [3.63, 3.8) is 0 Å². The molecule has 0 aromatic heterocycles. The smallest absolute Gasteiger partial charge is 0.336 e. The van der Waals surface area contributed by atoms with Crippen molar-refractivity contribution in [1.82, 2.24) is 0 Å². The third kappa shape index (κ3) is 5.31. The van der Waals surface area contributed by atoms with Gasteiger partial charge in [0.15, 0.2) is 17.3 Å². The molecule has 7 heteroatoms. The van der Waals surface area contributed by atoms with Crippen LogP contribution in [0.4, 0.5) is 0 Å². The topological polar surface area (TPSA) is 91.3 Å². The summed E-state index contributed by atoms with van der Waals surface area (Å²) in [7, 11) is 6.07. The van der Waals surface area contributed by atoms with Crippen LogP contribution in [-0.2, 0) is 24.1 Å². The number of hydrogen-bond acceptors (Lipinski definition) is 6. The molecule has 0 saturated heterocycles. The second-order valence-corrected chi connectivity index (χ2v) is 8.76. The number of carboxylic acids is 1. The Hall–Kier alpha value is -4.26. The molecule has 0 bridgehead atoms. The number of hydrogen-bond donors (Lipinski definition) is 1. The number of ketones is 1. The molecule has 0 aliphatic heterocycles. The predicted octanol–water partition coefficient (Wildman–Crippen LogP) is 5.17. The Morgan fingerprint density at radius 1 is 0.757 bits per heavy atom. The van der Waals surface area contributed by atoms with Gasteiger partial charge in [-0.05, 0) is 77.9 Å². The standard InChI is InChI=1S/C30H30O7/c1-34-23-12-10-20(11-13-23)28(31)24(14-18-15-25(35-2)29(37-4)26(16-18)36-3)27(30(32)33)22-9-8-19-6-5-7-21(19)17-22/h8-13,15-17H,5-7,14H2,1-4H3,(H,32,33). The van der Waals surface area contributed by atoms with Crippen LogP contribution in [0.2, 0.25) is 0 Å². The summed E-state index contributed by atoms with van der Waals surface area (Å²) < 4.78 is 21.6. The van der Waals surface area contributed by atoms with Gasteiger partial charge in [0.1, 0.15) is 5.75 Å². The monoisotopic (exact) mass is 502 g/mol. The van der Waals surface area contributed by atoms with E-state index in [1.165, 1.54) is 26.9 Å². The number of rotatable bonds is 10. The van der Waals surface area contributed by atoms with Gasteiger partial charge in [0.2, 0.25) is 5.75 Å². The molecule has 1 N–H and O–H groups in total. The third-order valence-corrected chi connectivity index (χ3v) is 6.63. The lowest BCUT2D eigenvalue weighted by Crippen LogP contribution is -2.14. The minimum absolute atomic E-state index is 0.0238. The van der Waals surface area contributed by atoms with Gasteiger partial charge in [-0.3, -0.25) is 4.79 Å². The highest BCUT2D eigenvalue weighted by atomic mass is 16.5. The molecule has 7 nitrogen and oxygen atoms in total. The Morgan fingerprint density at radius 3 is 1.95 bits per heavy atom. The zero-order chi connectivity index (χ0) is 26.5. The number of allylic oxidation sites excluding steroid dienone is 1. The van der Waals surface area contributed by atoms with Gasteiger partial charge in [0.25, 0.3) is 0 Å². The van der Waals surface area contributed by atoms with Crippen molar-refractivity contribution in [3.8, 4) is 23.0 Å². The van der Waals surface area contributed by atoms with Crippen LogP contribution >= 0.6 is 0 Å². The van der Waals surface area contributed by atoms with Crippen molar-refractivity contribution < 1.29 is 33.6 Å². The van der Waals surface area contributed by atoms with E-state index in [0.717, 1.165) is 24.8 Å². The fraction of sp³-hybridized carbons (Fsp3) is 0.267. The Balaban J connectivity index is 1.90. The van der Waals surface area contributed by atoms with E-state index in [-0.39, 0.29) is 23.4 Å². The van der Waals surface area contributed by atoms with Crippen molar-refractivity contribution in [2.75, 3.05) is 28.4 Å². The molecular weight excluding hydrogens is 472 g/mol. The summed E-state index contributed by atoms with van der Waals surface area (Å²) >= 11 is 0. The van der Waals surface area contributed by atoms with E-state index in [2.05, 4.69) is 0 Å². The first-order chi connectivity index (χ1) is 17.9.